The zero-order valence-corrected chi connectivity index (χ0v) is 27.7. The Morgan fingerprint density at radius 1 is 0.976 bits per heavy atom. The molecule has 13 heteroatoms. The van der Waals surface area contributed by atoms with Gasteiger partial charge in [-0.05, 0) is 31.5 Å². The third kappa shape index (κ3) is 22.0. The summed E-state index contributed by atoms with van der Waals surface area (Å²) in [5.41, 5.74) is 0.301. The molecule has 0 aromatic heterocycles. The summed E-state index contributed by atoms with van der Waals surface area (Å²) in [5, 5.41) is 5.63. The summed E-state index contributed by atoms with van der Waals surface area (Å²) in [6, 6.07) is 7.08. The Balaban J connectivity index is 2.25. The maximum Gasteiger partial charge on any atom is 0.251 e. The topological polar surface area (TPSA) is 116 Å². The first kappa shape index (κ1) is 38.4. The van der Waals surface area contributed by atoms with Crippen LogP contribution in [0.25, 0.3) is 0 Å². The SMILES string of the molecule is CC#CCOCCNC(=O)CCCOCCOCCOC(COc1cccc(C(=O)NCCNS)c1)SSC(C)(C)C. The highest BCUT2D eigenvalue weighted by atomic mass is 33.1. The molecule has 0 fully saturated rings. The minimum absolute atomic E-state index is 0.0194. The lowest BCUT2D eigenvalue weighted by Crippen LogP contribution is -2.29. The van der Waals surface area contributed by atoms with E-state index in [0.29, 0.717) is 96.6 Å². The van der Waals surface area contributed by atoms with Gasteiger partial charge in [0.2, 0.25) is 5.91 Å². The molecule has 0 aliphatic heterocycles. The van der Waals surface area contributed by atoms with E-state index in [4.69, 9.17) is 23.7 Å². The fourth-order valence-corrected chi connectivity index (χ4v) is 5.27. The predicted octanol–water partition coefficient (Wildman–Crippen LogP) is 3.72. The molecular weight excluding hydrogens is 599 g/mol. The second-order valence-corrected chi connectivity index (χ2v) is 13.3. The summed E-state index contributed by atoms with van der Waals surface area (Å²) in [7, 11) is 3.33. The van der Waals surface area contributed by atoms with Crippen LogP contribution in [0.5, 0.6) is 5.75 Å². The standard InChI is InChI=1S/C29H47N3O7S3/c1-5-6-15-35-17-14-30-26(33)11-8-16-36-18-19-37-20-21-38-27(41-42-29(2,3)4)23-39-25-10-7-9-24(22-25)28(34)31-12-13-32-40/h7,9-10,22,27,32,40H,8,11-21,23H2,1-4H3,(H,30,33)(H,31,34). The summed E-state index contributed by atoms with van der Waals surface area (Å²) in [4.78, 5) is 24.1. The zero-order chi connectivity index (χ0) is 30.9. The Bertz CT molecular complexity index is 939. The molecule has 2 amide bonds. The van der Waals surface area contributed by atoms with E-state index in [0.717, 1.165) is 0 Å². The molecule has 1 aromatic carbocycles. The Hall–Kier alpha value is -1.63. The maximum absolute atomic E-state index is 12.3. The average Bonchev–Trinajstić information content (AvgIpc) is 2.96. The van der Waals surface area contributed by atoms with Crippen molar-refractivity contribution in [1.29, 1.82) is 0 Å². The first-order valence-corrected chi connectivity index (χ1v) is 16.6. The normalized spacial score (nSPS) is 11.8. The molecule has 42 heavy (non-hydrogen) atoms. The number of amides is 2. The van der Waals surface area contributed by atoms with Crippen LogP contribution in [0.2, 0.25) is 0 Å². The van der Waals surface area contributed by atoms with E-state index in [9.17, 15) is 9.59 Å². The van der Waals surface area contributed by atoms with Gasteiger partial charge in [0.1, 0.15) is 24.4 Å². The Labute approximate surface area is 264 Å². The molecule has 3 N–H and O–H groups in total. The second kappa shape index (κ2) is 24.8. The minimum atomic E-state index is -0.226. The average molecular weight is 646 g/mol. The van der Waals surface area contributed by atoms with Crippen LogP contribution >= 0.6 is 34.4 Å². The van der Waals surface area contributed by atoms with E-state index < -0.39 is 0 Å². The van der Waals surface area contributed by atoms with Crippen molar-refractivity contribution in [3.63, 3.8) is 0 Å². The van der Waals surface area contributed by atoms with Crippen LogP contribution in [0.4, 0.5) is 0 Å². The van der Waals surface area contributed by atoms with Crippen LogP contribution in [0.3, 0.4) is 0 Å². The van der Waals surface area contributed by atoms with E-state index in [1.165, 1.54) is 0 Å². The van der Waals surface area contributed by atoms with Crippen molar-refractivity contribution in [2.24, 2.45) is 0 Å². The summed E-state index contributed by atoms with van der Waals surface area (Å²) >= 11 is 3.92. The molecule has 0 bridgehead atoms. The van der Waals surface area contributed by atoms with Crippen LogP contribution in [0.15, 0.2) is 24.3 Å². The van der Waals surface area contributed by atoms with Crippen LogP contribution < -0.4 is 20.1 Å². The van der Waals surface area contributed by atoms with Gasteiger partial charge in [0, 0.05) is 43.0 Å². The Morgan fingerprint density at radius 2 is 1.74 bits per heavy atom. The number of carbonyl (C=O) groups is 2. The van der Waals surface area contributed by atoms with Gasteiger partial charge in [-0.3, -0.25) is 14.3 Å². The molecule has 1 rings (SSSR count). The van der Waals surface area contributed by atoms with Gasteiger partial charge in [0.05, 0.1) is 33.0 Å². The number of benzene rings is 1. The van der Waals surface area contributed by atoms with Crippen molar-refractivity contribution in [2.75, 3.05) is 72.5 Å². The molecule has 1 unspecified atom stereocenters. The second-order valence-electron chi connectivity index (χ2n) is 9.75. The van der Waals surface area contributed by atoms with Crippen molar-refractivity contribution in [3.8, 4) is 17.6 Å². The van der Waals surface area contributed by atoms with Gasteiger partial charge in [-0.15, -0.1) is 5.92 Å². The minimum Gasteiger partial charge on any atom is -0.490 e. The first-order chi connectivity index (χ1) is 20.2. The van der Waals surface area contributed by atoms with Gasteiger partial charge >= 0.3 is 0 Å². The smallest absolute Gasteiger partial charge is 0.251 e. The number of carbonyl (C=O) groups excluding carboxylic acids is 2. The fourth-order valence-electron chi connectivity index (χ4n) is 2.97. The quantitative estimate of drug-likeness (QED) is 0.0436. The summed E-state index contributed by atoms with van der Waals surface area (Å²) in [5.74, 6) is 5.96. The summed E-state index contributed by atoms with van der Waals surface area (Å²) < 4.78 is 31.2. The summed E-state index contributed by atoms with van der Waals surface area (Å²) in [6.07, 6.45) is 1.05. The van der Waals surface area contributed by atoms with Crippen LogP contribution in [0.1, 0.15) is 50.9 Å². The summed E-state index contributed by atoms with van der Waals surface area (Å²) in [6.45, 7) is 13.1. The van der Waals surface area contributed by atoms with E-state index in [1.54, 1.807) is 46.7 Å². The van der Waals surface area contributed by atoms with Gasteiger partial charge in [-0.1, -0.05) is 67.2 Å². The Morgan fingerprint density at radius 3 is 2.48 bits per heavy atom. The number of thiol groups is 1. The van der Waals surface area contributed by atoms with Crippen molar-refractivity contribution < 1.29 is 33.3 Å². The molecular formula is C29H47N3O7S3. The lowest BCUT2D eigenvalue weighted by molar-refractivity contribution is -0.121. The highest BCUT2D eigenvalue weighted by molar-refractivity contribution is 8.77. The largest absolute Gasteiger partial charge is 0.490 e. The molecule has 238 valence electrons. The van der Waals surface area contributed by atoms with E-state index >= 15 is 0 Å². The zero-order valence-electron chi connectivity index (χ0n) is 25.2. The van der Waals surface area contributed by atoms with Gasteiger partial charge < -0.3 is 34.3 Å². The van der Waals surface area contributed by atoms with Crippen molar-refractivity contribution in [3.05, 3.63) is 29.8 Å². The van der Waals surface area contributed by atoms with Crippen LogP contribution in [-0.4, -0.2) is 94.5 Å². The van der Waals surface area contributed by atoms with Crippen LogP contribution in [0, 0.1) is 11.8 Å². The number of hydrogen-bond acceptors (Lipinski definition) is 11. The van der Waals surface area contributed by atoms with Crippen molar-refractivity contribution in [1.82, 2.24) is 15.4 Å². The fraction of sp³-hybridized carbons (Fsp3) is 0.655. The highest BCUT2D eigenvalue weighted by Crippen LogP contribution is 2.38. The lowest BCUT2D eigenvalue weighted by atomic mass is 10.2. The molecule has 0 aliphatic rings. The Kier molecular flexibility index (Phi) is 22.6. The van der Waals surface area contributed by atoms with Crippen molar-refractivity contribution in [2.45, 2.75) is 50.7 Å². The molecule has 0 radical (unpaired) electrons. The maximum atomic E-state index is 12.3. The molecule has 0 saturated carbocycles. The van der Waals surface area contributed by atoms with Gasteiger partial charge in [0.15, 0.2) is 0 Å². The number of rotatable bonds is 24. The molecule has 0 spiro atoms. The van der Waals surface area contributed by atoms with Gasteiger partial charge in [0.25, 0.3) is 5.91 Å². The molecule has 1 aromatic rings. The predicted molar refractivity (Wildman–Crippen MR) is 174 cm³/mol. The lowest BCUT2D eigenvalue weighted by Gasteiger charge is -2.22. The van der Waals surface area contributed by atoms with Crippen LogP contribution in [-0.2, 0) is 23.7 Å². The number of hydrogen-bond donors (Lipinski definition) is 4. The van der Waals surface area contributed by atoms with Gasteiger partial charge in [-0.25, -0.2) is 0 Å². The highest BCUT2D eigenvalue weighted by Gasteiger charge is 2.18. The molecule has 1 atom stereocenters. The van der Waals surface area contributed by atoms with Crippen molar-refractivity contribution >= 4 is 46.2 Å². The third-order valence-corrected chi connectivity index (χ3v) is 8.66. The van der Waals surface area contributed by atoms with E-state index in [1.807, 2.05) is 6.07 Å². The molecule has 0 aliphatic carbocycles. The molecule has 10 nitrogen and oxygen atoms in total. The molecule has 0 heterocycles. The number of nitrogens with one attached hydrogen (secondary N) is 3. The number of ether oxygens (including phenoxy) is 5. The van der Waals surface area contributed by atoms with Gasteiger partial charge in [-0.2, -0.15) is 0 Å². The molecule has 0 saturated heterocycles. The third-order valence-electron chi connectivity index (χ3n) is 4.93. The van der Waals surface area contributed by atoms with E-state index in [-0.39, 0.29) is 22.0 Å². The monoisotopic (exact) mass is 645 g/mol. The van der Waals surface area contributed by atoms with E-state index in [2.05, 4.69) is 60.8 Å². The first-order valence-electron chi connectivity index (χ1n) is 14.0.